The lowest BCUT2D eigenvalue weighted by molar-refractivity contribution is -0.132. The van der Waals surface area contributed by atoms with Gasteiger partial charge in [-0.05, 0) is 42.9 Å². The highest BCUT2D eigenvalue weighted by atomic mass is 16.1. The Kier molecular flexibility index (Phi) is 1.46. The van der Waals surface area contributed by atoms with Crippen LogP contribution in [0.5, 0.6) is 0 Å². The molecular weight excluding hydrogens is 160 g/mol. The van der Waals surface area contributed by atoms with Gasteiger partial charge in [0.2, 0.25) is 0 Å². The average Bonchev–Trinajstić information content (AvgIpc) is 2.60. The van der Waals surface area contributed by atoms with E-state index in [-0.39, 0.29) is 0 Å². The second-order valence-corrected chi connectivity index (χ2v) is 5.78. The topological polar surface area (TPSA) is 17.1 Å². The van der Waals surface area contributed by atoms with Crippen molar-refractivity contribution in [1.29, 1.82) is 0 Å². The van der Waals surface area contributed by atoms with Crippen LogP contribution in [0, 0.1) is 10.8 Å². The molecule has 2 spiro atoms. The summed E-state index contributed by atoms with van der Waals surface area (Å²) in [5, 5.41) is 0. The molecule has 0 bridgehead atoms. The van der Waals surface area contributed by atoms with Crippen LogP contribution in [0.2, 0.25) is 0 Å². The zero-order valence-corrected chi connectivity index (χ0v) is 8.27. The molecule has 0 radical (unpaired) electrons. The molecular formula is C12H18O. The molecule has 0 aromatic rings. The fraction of sp³-hybridized carbons (Fsp3) is 0.917. The summed E-state index contributed by atoms with van der Waals surface area (Å²) in [7, 11) is 0. The summed E-state index contributed by atoms with van der Waals surface area (Å²) < 4.78 is 0. The second kappa shape index (κ2) is 2.37. The van der Waals surface area contributed by atoms with Gasteiger partial charge in [0, 0.05) is 12.8 Å². The quantitative estimate of drug-likeness (QED) is 0.557. The molecule has 0 unspecified atom stereocenters. The van der Waals surface area contributed by atoms with E-state index >= 15 is 0 Å². The van der Waals surface area contributed by atoms with Gasteiger partial charge in [-0.3, -0.25) is 4.79 Å². The van der Waals surface area contributed by atoms with Crippen molar-refractivity contribution in [3.63, 3.8) is 0 Å². The Morgan fingerprint density at radius 3 is 2.08 bits per heavy atom. The van der Waals surface area contributed by atoms with Gasteiger partial charge < -0.3 is 0 Å². The first-order chi connectivity index (χ1) is 6.22. The predicted molar refractivity (Wildman–Crippen MR) is 51.4 cm³/mol. The third kappa shape index (κ3) is 1.09. The third-order valence-corrected chi connectivity index (χ3v) is 4.74. The van der Waals surface area contributed by atoms with Crippen LogP contribution in [0.3, 0.4) is 0 Å². The van der Waals surface area contributed by atoms with Gasteiger partial charge in [0.1, 0.15) is 5.78 Å². The lowest BCUT2D eigenvalue weighted by Crippen LogP contribution is -2.36. The molecule has 0 heterocycles. The third-order valence-electron chi connectivity index (χ3n) is 4.74. The number of rotatable bonds is 0. The fourth-order valence-electron chi connectivity index (χ4n) is 4.14. The molecule has 3 aliphatic rings. The van der Waals surface area contributed by atoms with Crippen LogP contribution in [0.25, 0.3) is 0 Å². The molecule has 3 aliphatic carbocycles. The molecule has 1 heteroatoms. The van der Waals surface area contributed by atoms with Crippen LogP contribution in [-0.4, -0.2) is 5.78 Å². The number of Topliss-reactive ketones (excluding diaryl/α,β-unsaturated/α-hetero) is 1. The number of ketones is 1. The molecule has 0 aromatic heterocycles. The molecule has 0 aromatic carbocycles. The molecule has 72 valence electrons. The van der Waals surface area contributed by atoms with Crippen molar-refractivity contribution in [3.05, 3.63) is 0 Å². The maximum atomic E-state index is 11.1. The molecule has 1 nitrogen and oxygen atoms in total. The van der Waals surface area contributed by atoms with Crippen LogP contribution in [0.15, 0.2) is 0 Å². The van der Waals surface area contributed by atoms with Crippen LogP contribution in [0.4, 0.5) is 0 Å². The number of carbonyl (C=O) groups excluding carboxylic acids is 1. The van der Waals surface area contributed by atoms with Crippen LogP contribution >= 0.6 is 0 Å². The van der Waals surface area contributed by atoms with Crippen molar-refractivity contribution in [2.45, 2.75) is 57.8 Å². The smallest absolute Gasteiger partial charge is 0.134 e. The maximum Gasteiger partial charge on any atom is 0.134 e. The van der Waals surface area contributed by atoms with E-state index in [1.807, 2.05) is 0 Å². The van der Waals surface area contributed by atoms with Crippen molar-refractivity contribution in [2.75, 3.05) is 0 Å². The van der Waals surface area contributed by atoms with Crippen molar-refractivity contribution < 1.29 is 4.79 Å². The molecule has 13 heavy (non-hydrogen) atoms. The van der Waals surface area contributed by atoms with E-state index in [1.54, 1.807) is 0 Å². The molecule has 3 rings (SSSR count). The minimum Gasteiger partial charge on any atom is -0.300 e. The normalized spacial score (nSPS) is 34.3. The van der Waals surface area contributed by atoms with Crippen LogP contribution in [0.1, 0.15) is 57.8 Å². The summed E-state index contributed by atoms with van der Waals surface area (Å²) in [6.07, 6.45) is 11.9. The van der Waals surface area contributed by atoms with E-state index in [9.17, 15) is 4.79 Å². The molecule has 3 fully saturated rings. The van der Waals surface area contributed by atoms with Gasteiger partial charge in [0.15, 0.2) is 0 Å². The SMILES string of the molecule is O=C1CC2(CCC3(CCCC3)C2)C1. The van der Waals surface area contributed by atoms with Gasteiger partial charge >= 0.3 is 0 Å². The predicted octanol–water partition coefficient (Wildman–Crippen LogP) is 3.08. The van der Waals surface area contributed by atoms with Gasteiger partial charge in [-0.25, -0.2) is 0 Å². The van der Waals surface area contributed by atoms with Crippen molar-refractivity contribution in [2.24, 2.45) is 10.8 Å². The fourth-order valence-corrected chi connectivity index (χ4v) is 4.14. The zero-order valence-electron chi connectivity index (χ0n) is 8.27. The molecule has 0 atom stereocenters. The highest BCUT2D eigenvalue weighted by Crippen LogP contribution is 2.63. The highest BCUT2D eigenvalue weighted by Gasteiger charge is 2.54. The Bertz CT molecular complexity index is 240. The van der Waals surface area contributed by atoms with Gasteiger partial charge in [-0.15, -0.1) is 0 Å². The number of hydrogen-bond acceptors (Lipinski definition) is 1. The van der Waals surface area contributed by atoms with Crippen molar-refractivity contribution >= 4 is 5.78 Å². The van der Waals surface area contributed by atoms with E-state index in [2.05, 4.69) is 0 Å². The second-order valence-electron chi connectivity index (χ2n) is 5.78. The van der Waals surface area contributed by atoms with Gasteiger partial charge in [-0.1, -0.05) is 12.8 Å². The standard InChI is InChI=1S/C12H18O/c13-10-7-12(8-10)6-5-11(9-12)3-1-2-4-11/h1-9H2. The summed E-state index contributed by atoms with van der Waals surface area (Å²) in [6.45, 7) is 0. The van der Waals surface area contributed by atoms with E-state index in [0.29, 0.717) is 16.6 Å². The van der Waals surface area contributed by atoms with E-state index in [1.165, 1.54) is 44.9 Å². The van der Waals surface area contributed by atoms with Crippen molar-refractivity contribution in [3.8, 4) is 0 Å². The van der Waals surface area contributed by atoms with Gasteiger partial charge in [0.25, 0.3) is 0 Å². The Morgan fingerprint density at radius 2 is 1.46 bits per heavy atom. The maximum absolute atomic E-state index is 11.1. The summed E-state index contributed by atoms with van der Waals surface area (Å²) in [4.78, 5) is 11.1. The molecule has 3 saturated carbocycles. The molecule has 0 amide bonds. The minimum absolute atomic E-state index is 0.515. The summed E-state index contributed by atoms with van der Waals surface area (Å²) in [6, 6.07) is 0. The van der Waals surface area contributed by atoms with Crippen LogP contribution < -0.4 is 0 Å². The monoisotopic (exact) mass is 178 g/mol. The zero-order chi connectivity index (χ0) is 8.94. The van der Waals surface area contributed by atoms with E-state index in [4.69, 9.17) is 0 Å². The first-order valence-corrected chi connectivity index (χ1v) is 5.74. The molecule has 0 aliphatic heterocycles. The summed E-state index contributed by atoms with van der Waals surface area (Å²) in [5.74, 6) is 0.523. The Balaban J connectivity index is 1.74. The Morgan fingerprint density at radius 1 is 0.846 bits per heavy atom. The first kappa shape index (κ1) is 8.02. The number of carbonyl (C=O) groups is 1. The number of hydrogen-bond donors (Lipinski definition) is 0. The van der Waals surface area contributed by atoms with E-state index in [0.717, 1.165) is 12.8 Å². The van der Waals surface area contributed by atoms with E-state index < -0.39 is 0 Å². The molecule has 0 N–H and O–H groups in total. The minimum atomic E-state index is 0.515. The summed E-state index contributed by atoms with van der Waals surface area (Å²) in [5.41, 5.74) is 1.22. The lowest BCUT2D eigenvalue weighted by Gasteiger charge is -2.38. The highest BCUT2D eigenvalue weighted by molar-refractivity contribution is 5.86. The molecule has 0 saturated heterocycles. The van der Waals surface area contributed by atoms with Crippen molar-refractivity contribution in [1.82, 2.24) is 0 Å². The van der Waals surface area contributed by atoms with Gasteiger partial charge in [0.05, 0.1) is 0 Å². The first-order valence-electron chi connectivity index (χ1n) is 5.74. The van der Waals surface area contributed by atoms with Crippen LogP contribution in [-0.2, 0) is 4.79 Å². The summed E-state index contributed by atoms with van der Waals surface area (Å²) >= 11 is 0. The average molecular weight is 178 g/mol. The lowest BCUT2D eigenvalue weighted by atomic mass is 9.65. The van der Waals surface area contributed by atoms with Gasteiger partial charge in [-0.2, -0.15) is 0 Å². The Labute approximate surface area is 79.9 Å². The largest absolute Gasteiger partial charge is 0.300 e. The Hall–Kier alpha value is -0.330.